The van der Waals surface area contributed by atoms with E-state index in [2.05, 4.69) is 5.32 Å². The van der Waals surface area contributed by atoms with Crippen LogP contribution in [0.15, 0.2) is 78.9 Å². The van der Waals surface area contributed by atoms with Gasteiger partial charge in [-0.15, -0.1) is 0 Å². The van der Waals surface area contributed by atoms with Gasteiger partial charge in [-0.25, -0.2) is 4.79 Å². The minimum Gasteiger partial charge on any atom is -0.508 e. The number of esters is 1. The molecular weight excluding hydrogens is 366 g/mol. The van der Waals surface area contributed by atoms with Crippen LogP contribution in [0.2, 0.25) is 0 Å². The van der Waals surface area contributed by atoms with Crippen molar-refractivity contribution in [2.24, 2.45) is 0 Å². The van der Waals surface area contributed by atoms with Crippen molar-refractivity contribution >= 4 is 11.9 Å². The second-order valence-electron chi connectivity index (χ2n) is 6.59. The zero-order valence-electron chi connectivity index (χ0n) is 16.2. The number of phenolic OH excluding ortho intramolecular Hbond substituents is 1. The van der Waals surface area contributed by atoms with E-state index in [1.807, 2.05) is 42.5 Å². The lowest BCUT2D eigenvalue weighted by atomic mass is 10.0. The van der Waals surface area contributed by atoms with E-state index in [-0.39, 0.29) is 18.3 Å². The molecule has 0 unspecified atom stereocenters. The number of hydrogen-bond donors (Lipinski definition) is 2. The molecule has 0 aliphatic rings. The van der Waals surface area contributed by atoms with Crippen molar-refractivity contribution < 1.29 is 19.4 Å². The van der Waals surface area contributed by atoms with E-state index in [9.17, 15) is 14.7 Å². The van der Waals surface area contributed by atoms with Crippen molar-refractivity contribution in [3.05, 3.63) is 90.0 Å². The molecule has 2 N–H and O–H groups in total. The Morgan fingerprint density at radius 3 is 2.07 bits per heavy atom. The first-order valence-corrected chi connectivity index (χ1v) is 9.47. The van der Waals surface area contributed by atoms with E-state index >= 15 is 0 Å². The molecule has 1 amide bonds. The second-order valence-corrected chi connectivity index (χ2v) is 6.59. The van der Waals surface area contributed by atoms with Crippen molar-refractivity contribution in [2.75, 3.05) is 6.61 Å². The van der Waals surface area contributed by atoms with Gasteiger partial charge in [0.05, 0.1) is 6.61 Å². The standard InChI is InChI=1S/C24H23NO4/c1-2-29-24(28)22(16-17-6-4-3-5-7-17)25-23(27)20-10-8-18(9-11-20)19-12-14-21(26)15-13-19/h3-15,22,26H,2,16H2,1H3,(H,25,27)/t22-/m0/s1. The van der Waals surface area contributed by atoms with Gasteiger partial charge < -0.3 is 15.2 Å². The van der Waals surface area contributed by atoms with Crippen LogP contribution < -0.4 is 5.32 Å². The number of rotatable bonds is 7. The molecule has 3 aromatic carbocycles. The fraction of sp³-hybridized carbons (Fsp3) is 0.167. The largest absolute Gasteiger partial charge is 0.508 e. The van der Waals surface area contributed by atoms with Crippen molar-refractivity contribution in [3.8, 4) is 16.9 Å². The number of phenols is 1. The number of ether oxygens (including phenoxy) is 1. The molecule has 0 aromatic heterocycles. The zero-order chi connectivity index (χ0) is 20.6. The smallest absolute Gasteiger partial charge is 0.328 e. The molecule has 0 fully saturated rings. The Hall–Kier alpha value is -3.60. The summed E-state index contributed by atoms with van der Waals surface area (Å²) in [5.74, 6) is -0.588. The van der Waals surface area contributed by atoms with Crippen molar-refractivity contribution in [2.45, 2.75) is 19.4 Å². The Balaban J connectivity index is 1.72. The van der Waals surface area contributed by atoms with Gasteiger partial charge in [0.25, 0.3) is 5.91 Å². The highest BCUT2D eigenvalue weighted by atomic mass is 16.5. The average molecular weight is 389 g/mol. The lowest BCUT2D eigenvalue weighted by Crippen LogP contribution is -2.43. The normalized spacial score (nSPS) is 11.5. The minimum absolute atomic E-state index is 0.202. The molecular formula is C24H23NO4. The molecule has 0 heterocycles. The van der Waals surface area contributed by atoms with E-state index in [4.69, 9.17) is 4.74 Å². The van der Waals surface area contributed by atoms with Crippen LogP contribution >= 0.6 is 0 Å². The monoisotopic (exact) mass is 389 g/mol. The van der Waals surface area contributed by atoms with Crippen LogP contribution in [0.3, 0.4) is 0 Å². The molecule has 0 spiro atoms. The molecule has 0 radical (unpaired) electrons. The summed E-state index contributed by atoms with van der Waals surface area (Å²) in [6, 6.07) is 22.7. The van der Waals surface area contributed by atoms with Gasteiger partial charge in [0, 0.05) is 12.0 Å². The van der Waals surface area contributed by atoms with Crippen molar-refractivity contribution in [3.63, 3.8) is 0 Å². The molecule has 29 heavy (non-hydrogen) atoms. The summed E-state index contributed by atoms with van der Waals surface area (Å²) >= 11 is 0. The first-order valence-electron chi connectivity index (χ1n) is 9.47. The summed E-state index contributed by atoms with van der Waals surface area (Å²) in [5.41, 5.74) is 3.25. The molecule has 0 aliphatic heterocycles. The third kappa shape index (κ3) is 5.45. The first kappa shape index (κ1) is 20.1. The number of amides is 1. The molecule has 0 aliphatic carbocycles. The maximum atomic E-state index is 12.7. The van der Waals surface area contributed by atoms with Gasteiger partial charge in [0.15, 0.2) is 0 Å². The van der Waals surface area contributed by atoms with Crippen LogP contribution in [0.5, 0.6) is 5.75 Å². The Morgan fingerprint density at radius 1 is 0.897 bits per heavy atom. The Kier molecular flexibility index (Phi) is 6.63. The van der Waals surface area contributed by atoms with Crippen molar-refractivity contribution in [1.82, 2.24) is 5.32 Å². The van der Waals surface area contributed by atoms with Crippen LogP contribution in [-0.4, -0.2) is 29.6 Å². The number of carbonyl (C=O) groups excluding carboxylic acids is 2. The van der Waals surface area contributed by atoms with Gasteiger partial charge in [-0.2, -0.15) is 0 Å². The van der Waals surface area contributed by atoms with E-state index < -0.39 is 12.0 Å². The average Bonchev–Trinajstić information content (AvgIpc) is 2.75. The highest BCUT2D eigenvalue weighted by Gasteiger charge is 2.23. The Bertz CT molecular complexity index is 950. The summed E-state index contributed by atoms with van der Waals surface area (Å²) in [5, 5.41) is 12.2. The number of carbonyl (C=O) groups is 2. The lowest BCUT2D eigenvalue weighted by Gasteiger charge is -2.17. The molecule has 5 heteroatoms. The van der Waals surface area contributed by atoms with Crippen molar-refractivity contribution in [1.29, 1.82) is 0 Å². The molecule has 0 saturated heterocycles. The maximum absolute atomic E-state index is 12.7. The number of hydrogen-bond acceptors (Lipinski definition) is 4. The second kappa shape index (κ2) is 9.55. The van der Waals surface area contributed by atoms with E-state index in [0.717, 1.165) is 16.7 Å². The first-order chi connectivity index (χ1) is 14.1. The summed E-state index contributed by atoms with van der Waals surface area (Å²) in [7, 11) is 0. The highest BCUT2D eigenvalue weighted by molar-refractivity contribution is 5.97. The summed E-state index contributed by atoms with van der Waals surface area (Å²) < 4.78 is 5.13. The van der Waals surface area contributed by atoms with Gasteiger partial charge in [-0.3, -0.25) is 4.79 Å². The minimum atomic E-state index is -0.762. The topological polar surface area (TPSA) is 75.6 Å². The Morgan fingerprint density at radius 2 is 1.48 bits per heavy atom. The summed E-state index contributed by atoms with van der Waals surface area (Å²) in [6.45, 7) is 1.99. The molecule has 5 nitrogen and oxygen atoms in total. The van der Waals surface area contributed by atoms with Gasteiger partial charge >= 0.3 is 5.97 Å². The predicted octanol–water partition coefficient (Wildman–Crippen LogP) is 3.96. The van der Waals surface area contributed by atoms with E-state index in [0.29, 0.717) is 12.0 Å². The van der Waals surface area contributed by atoms with Gasteiger partial charge in [0.1, 0.15) is 11.8 Å². The molecule has 0 saturated carbocycles. The van der Waals surface area contributed by atoms with Gasteiger partial charge in [-0.1, -0.05) is 54.6 Å². The molecule has 0 bridgehead atoms. The van der Waals surface area contributed by atoms with Crippen LogP contribution in [-0.2, 0) is 16.0 Å². The third-order valence-electron chi connectivity index (χ3n) is 4.51. The van der Waals surface area contributed by atoms with Crippen LogP contribution in [0.25, 0.3) is 11.1 Å². The molecule has 3 rings (SSSR count). The SMILES string of the molecule is CCOC(=O)[C@H](Cc1ccccc1)NC(=O)c1ccc(-c2ccc(O)cc2)cc1. The number of benzene rings is 3. The Labute approximate surface area is 170 Å². The fourth-order valence-electron chi connectivity index (χ4n) is 3.00. The predicted molar refractivity (Wildman–Crippen MR) is 112 cm³/mol. The highest BCUT2D eigenvalue weighted by Crippen LogP contribution is 2.22. The zero-order valence-corrected chi connectivity index (χ0v) is 16.2. The molecule has 3 aromatic rings. The maximum Gasteiger partial charge on any atom is 0.328 e. The van der Waals surface area contributed by atoms with E-state index in [1.165, 1.54) is 0 Å². The quantitative estimate of drug-likeness (QED) is 0.600. The number of nitrogens with one attached hydrogen (secondary N) is 1. The van der Waals surface area contributed by atoms with Crippen LogP contribution in [0, 0.1) is 0 Å². The molecule has 148 valence electrons. The third-order valence-corrected chi connectivity index (χ3v) is 4.51. The van der Waals surface area contributed by atoms with Crippen LogP contribution in [0.1, 0.15) is 22.8 Å². The van der Waals surface area contributed by atoms with Crippen LogP contribution in [0.4, 0.5) is 0 Å². The summed E-state index contributed by atoms with van der Waals surface area (Å²) in [6.07, 6.45) is 0.358. The van der Waals surface area contributed by atoms with E-state index in [1.54, 1.807) is 43.3 Å². The summed E-state index contributed by atoms with van der Waals surface area (Å²) in [4.78, 5) is 25.0. The lowest BCUT2D eigenvalue weighted by molar-refractivity contribution is -0.145. The molecule has 1 atom stereocenters. The number of aromatic hydroxyl groups is 1. The van der Waals surface area contributed by atoms with Gasteiger partial charge in [-0.05, 0) is 47.9 Å². The fourth-order valence-corrected chi connectivity index (χ4v) is 3.00. The van der Waals surface area contributed by atoms with Gasteiger partial charge in [0.2, 0.25) is 0 Å².